The van der Waals surface area contributed by atoms with Crippen LogP contribution in [-0.4, -0.2) is 24.4 Å². The normalized spacial score (nSPS) is 12.3. The number of benzene rings is 1. The summed E-state index contributed by atoms with van der Waals surface area (Å²) in [6.07, 6.45) is 1.00. The average molecular weight is 405 g/mol. The molecule has 6 heteroatoms. The summed E-state index contributed by atoms with van der Waals surface area (Å²) in [6, 6.07) is 9.45. The zero-order chi connectivity index (χ0) is 14.4. The molecule has 0 bridgehead atoms. The van der Waals surface area contributed by atoms with E-state index >= 15 is 0 Å². The maximum absolute atomic E-state index is 9.87. The summed E-state index contributed by atoms with van der Waals surface area (Å²) >= 11 is 6.92. The zero-order valence-corrected chi connectivity index (χ0v) is 13.9. The molecule has 0 radical (unpaired) electrons. The number of aliphatic hydroxyl groups is 1. The van der Waals surface area contributed by atoms with E-state index in [0.29, 0.717) is 13.2 Å². The van der Waals surface area contributed by atoms with Gasteiger partial charge in [-0.2, -0.15) is 0 Å². The maximum atomic E-state index is 9.87. The smallest absolute Gasteiger partial charge is 0.129 e. The lowest BCUT2D eigenvalue weighted by Crippen LogP contribution is -2.25. The Balaban J connectivity index is 1.73. The second-order valence-corrected chi connectivity index (χ2v) is 5.93. The summed E-state index contributed by atoms with van der Waals surface area (Å²) in [5.41, 5.74) is 0.914. The van der Waals surface area contributed by atoms with E-state index in [2.05, 4.69) is 37.2 Å². The van der Waals surface area contributed by atoms with Crippen LogP contribution in [0.4, 0.5) is 5.69 Å². The van der Waals surface area contributed by atoms with Gasteiger partial charge in [0.15, 0.2) is 0 Å². The van der Waals surface area contributed by atoms with Gasteiger partial charge < -0.3 is 19.6 Å². The molecule has 0 fully saturated rings. The van der Waals surface area contributed by atoms with E-state index in [9.17, 15) is 5.11 Å². The fraction of sp³-hybridized carbons (Fsp3) is 0.286. The van der Waals surface area contributed by atoms with Gasteiger partial charge in [0, 0.05) is 15.5 Å². The number of furan rings is 1. The van der Waals surface area contributed by atoms with Gasteiger partial charge in [-0.05, 0) is 56.1 Å². The molecule has 0 aliphatic carbocycles. The highest BCUT2D eigenvalue weighted by atomic mass is 79.9. The van der Waals surface area contributed by atoms with Crippen LogP contribution >= 0.6 is 31.9 Å². The second kappa shape index (κ2) is 7.83. The molecule has 0 aliphatic heterocycles. The fourth-order valence-corrected chi connectivity index (χ4v) is 2.91. The number of nitrogens with one attached hydrogen (secondary N) is 1. The van der Waals surface area contributed by atoms with Crippen LogP contribution in [0.3, 0.4) is 0 Å². The topological polar surface area (TPSA) is 54.6 Å². The van der Waals surface area contributed by atoms with Crippen LogP contribution < -0.4 is 5.32 Å². The molecule has 1 unspecified atom stereocenters. The molecule has 0 saturated carbocycles. The monoisotopic (exact) mass is 403 g/mol. The van der Waals surface area contributed by atoms with Crippen LogP contribution in [0.25, 0.3) is 0 Å². The quantitative estimate of drug-likeness (QED) is 0.736. The van der Waals surface area contributed by atoms with Crippen molar-refractivity contribution in [1.82, 2.24) is 0 Å². The summed E-state index contributed by atoms with van der Waals surface area (Å²) in [5.74, 6) is 0.749. The van der Waals surface area contributed by atoms with Crippen LogP contribution in [0, 0.1) is 0 Å². The van der Waals surface area contributed by atoms with Crippen molar-refractivity contribution in [3.05, 3.63) is 51.3 Å². The number of aliphatic hydroxyl groups excluding tert-OH is 1. The van der Waals surface area contributed by atoms with Crippen molar-refractivity contribution in [2.75, 3.05) is 18.5 Å². The van der Waals surface area contributed by atoms with Gasteiger partial charge in [0.05, 0.1) is 24.7 Å². The predicted molar refractivity (Wildman–Crippen MR) is 84.7 cm³/mol. The molecule has 20 heavy (non-hydrogen) atoms. The zero-order valence-electron chi connectivity index (χ0n) is 10.7. The summed E-state index contributed by atoms with van der Waals surface area (Å²) in [4.78, 5) is 0. The van der Waals surface area contributed by atoms with E-state index in [1.807, 2.05) is 24.3 Å². The van der Waals surface area contributed by atoms with Crippen molar-refractivity contribution >= 4 is 37.5 Å². The van der Waals surface area contributed by atoms with E-state index in [1.165, 1.54) is 0 Å². The molecule has 2 aromatic rings. The van der Waals surface area contributed by atoms with Gasteiger partial charge in [0.2, 0.25) is 0 Å². The number of hydrogen-bond donors (Lipinski definition) is 2. The van der Waals surface area contributed by atoms with Gasteiger partial charge in [0.1, 0.15) is 12.4 Å². The Bertz CT molecular complexity index is 511. The standard InChI is InChI=1S/C14H15Br2NO3/c15-12-4-1-5-13(16)14(12)17-7-10(18)8-19-9-11-3-2-6-20-11/h1-6,10,17-18H,7-9H2. The Morgan fingerprint density at radius 2 is 1.95 bits per heavy atom. The SMILES string of the molecule is OC(CNc1c(Br)cccc1Br)COCc1ccco1. The molecule has 1 heterocycles. The van der Waals surface area contributed by atoms with Crippen LogP contribution in [0.1, 0.15) is 5.76 Å². The van der Waals surface area contributed by atoms with E-state index in [0.717, 1.165) is 20.4 Å². The Kier molecular flexibility index (Phi) is 6.09. The highest BCUT2D eigenvalue weighted by molar-refractivity contribution is 9.11. The van der Waals surface area contributed by atoms with Crippen LogP contribution in [0.15, 0.2) is 50.0 Å². The van der Waals surface area contributed by atoms with Gasteiger partial charge >= 0.3 is 0 Å². The van der Waals surface area contributed by atoms with Crippen molar-refractivity contribution in [3.8, 4) is 0 Å². The second-order valence-electron chi connectivity index (χ2n) is 4.23. The first-order chi connectivity index (χ1) is 9.66. The highest BCUT2D eigenvalue weighted by Gasteiger charge is 2.08. The molecule has 0 amide bonds. The first-order valence-electron chi connectivity index (χ1n) is 6.13. The van der Waals surface area contributed by atoms with Crippen molar-refractivity contribution in [1.29, 1.82) is 0 Å². The molecule has 1 atom stereocenters. The largest absolute Gasteiger partial charge is 0.467 e. The lowest BCUT2D eigenvalue weighted by Gasteiger charge is -2.15. The lowest BCUT2D eigenvalue weighted by molar-refractivity contribution is 0.0282. The van der Waals surface area contributed by atoms with Crippen LogP contribution in [0.5, 0.6) is 0 Å². The third-order valence-electron chi connectivity index (χ3n) is 2.61. The number of rotatable bonds is 7. The molecule has 0 spiro atoms. The number of ether oxygens (including phenoxy) is 1. The third kappa shape index (κ3) is 4.63. The van der Waals surface area contributed by atoms with E-state index in [-0.39, 0.29) is 6.61 Å². The molecule has 4 nitrogen and oxygen atoms in total. The highest BCUT2D eigenvalue weighted by Crippen LogP contribution is 2.30. The van der Waals surface area contributed by atoms with Gasteiger partial charge in [-0.25, -0.2) is 0 Å². The van der Waals surface area contributed by atoms with Gasteiger partial charge in [0.25, 0.3) is 0 Å². The van der Waals surface area contributed by atoms with Crippen LogP contribution in [0.2, 0.25) is 0 Å². The summed E-state index contributed by atoms with van der Waals surface area (Å²) < 4.78 is 12.4. The van der Waals surface area contributed by atoms with Gasteiger partial charge in [-0.3, -0.25) is 0 Å². The fourth-order valence-electron chi connectivity index (χ4n) is 1.64. The Morgan fingerprint density at radius 3 is 2.60 bits per heavy atom. The minimum atomic E-state index is -0.594. The van der Waals surface area contributed by atoms with E-state index in [4.69, 9.17) is 9.15 Å². The minimum absolute atomic E-state index is 0.246. The number of halogens is 2. The molecular formula is C14H15Br2NO3. The molecule has 2 rings (SSSR count). The molecule has 108 valence electrons. The first-order valence-corrected chi connectivity index (χ1v) is 7.71. The molecular weight excluding hydrogens is 390 g/mol. The Hall–Kier alpha value is -0.820. The van der Waals surface area contributed by atoms with E-state index in [1.54, 1.807) is 12.3 Å². The Morgan fingerprint density at radius 1 is 1.20 bits per heavy atom. The molecule has 1 aromatic heterocycles. The lowest BCUT2D eigenvalue weighted by atomic mass is 10.3. The molecule has 2 N–H and O–H groups in total. The molecule has 0 aliphatic rings. The van der Waals surface area contributed by atoms with Crippen LogP contribution in [-0.2, 0) is 11.3 Å². The molecule has 0 saturated heterocycles. The van der Waals surface area contributed by atoms with Crippen molar-refractivity contribution < 1.29 is 14.3 Å². The van der Waals surface area contributed by atoms with Crippen molar-refractivity contribution in [2.24, 2.45) is 0 Å². The minimum Gasteiger partial charge on any atom is -0.467 e. The maximum Gasteiger partial charge on any atom is 0.129 e. The van der Waals surface area contributed by atoms with Crippen molar-refractivity contribution in [2.45, 2.75) is 12.7 Å². The number of para-hydroxylation sites is 1. The van der Waals surface area contributed by atoms with E-state index < -0.39 is 6.10 Å². The summed E-state index contributed by atoms with van der Waals surface area (Å²) in [7, 11) is 0. The number of hydrogen-bond acceptors (Lipinski definition) is 4. The predicted octanol–water partition coefficient (Wildman–Crippen LogP) is 3.79. The Labute approximate surface area is 134 Å². The summed E-state index contributed by atoms with van der Waals surface area (Å²) in [6.45, 7) is 1.01. The van der Waals surface area contributed by atoms with Gasteiger partial charge in [-0.1, -0.05) is 6.07 Å². The first kappa shape index (κ1) is 15.6. The average Bonchev–Trinajstić information content (AvgIpc) is 2.91. The number of anilines is 1. The van der Waals surface area contributed by atoms with Gasteiger partial charge in [-0.15, -0.1) is 0 Å². The summed E-state index contributed by atoms with van der Waals surface area (Å²) in [5, 5.41) is 13.0. The van der Waals surface area contributed by atoms with Crippen molar-refractivity contribution in [3.63, 3.8) is 0 Å². The molecule has 1 aromatic carbocycles. The third-order valence-corrected chi connectivity index (χ3v) is 3.93.